The monoisotopic (exact) mass is 399 g/mol. The number of imide groups is 1. The molecule has 6 atom stereocenters. The van der Waals surface area contributed by atoms with Crippen LogP contribution in [-0.4, -0.2) is 17.8 Å². The lowest BCUT2D eigenvalue weighted by Crippen LogP contribution is -2.40. The van der Waals surface area contributed by atoms with Crippen LogP contribution in [0.2, 0.25) is 0 Å². The Labute approximate surface area is 174 Å². The number of amides is 2. The van der Waals surface area contributed by atoms with Gasteiger partial charge in [0.25, 0.3) is 0 Å². The van der Waals surface area contributed by atoms with Gasteiger partial charge in [-0.25, -0.2) is 9.69 Å². The van der Waals surface area contributed by atoms with E-state index in [0.29, 0.717) is 28.8 Å². The summed E-state index contributed by atoms with van der Waals surface area (Å²) in [5, 5.41) is 0. The van der Waals surface area contributed by atoms with Crippen LogP contribution in [-0.2, 0) is 9.59 Å². The Bertz CT molecular complexity index is 1080. The van der Waals surface area contributed by atoms with Gasteiger partial charge in [-0.05, 0) is 67.3 Å². The number of ether oxygens (including phenoxy) is 1. The van der Waals surface area contributed by atoms with Gasteiger partial charge in [0.05, 0.1) is 23.1 Å². The molecule has 1 aliphatic heterocycles. The summed E-state index contributed by atoms with van der Waals surface area (Å²) in [6.07, 6.45) is 5.45. The average Bonchev–Trinajstić information content (AvgIpc) is 3.53. The van der Waals surface area contributed by atoms with Crippen LogP contribution in [0.1, 0.15) is 22.3 Å². The van der Waals surface area contributed by atoms with Crippen LogP contribution in [0.25, 0.3) is 0 Å². The van der Waals surface area contributed by atoms with Crippen molar-refractivity contribution in [1.29, 1.82) is 0 Å². The number of carbonyl (C=O) groups is 3. The maximum absolute atomic E-state index is 13.3. The number of nitrogens with zero attached hydrogens (tertiary/aromatic N) is 1. The third-order valence-corrected chi connectivity index (χ3v) is 7.23. The van der Waals surface area contributed by atoms with Crippen molar-refractivity contribution < 1.29 is 19.1 Å². The Morgan fingerprint density at radius 3 is 2.20 bits per heavy atom. The van der Waals surface area contributed by atoms with E-state index >= 15 is 0 Å². The Kier molecular flexibility index (Phi) is 3.61. The zero-order valence-electron chi connectivity index (χ0n) is 16.5. The van der Waals surface area contributed by atoms with Crippen molar-refractivity contribution in [2.45, 2.75) is 13.3 Å². The van der Waals surface area contributed by atoms with Gasteiger partial charge in [-0.1, -0.05) is 35.9 Å². The SMILES string of the molecule is Cc1ccc(OC(=O)c2cccc(N3C(=O)[C@@H]4[C@H]5C=C[C@@H]([C@@H]6C[C@H]56)[C@@H]4C3=O)c2)cc1. The lowest BCUT2D eigenvalue weighted by atomic mass is 9.63. The van der Waals surface area contributed by atoms with Gasteiger partial charge in [-0.2, -0.15) is 0 Å². The highest BCUT2D eigenvalue weighted by Crippen LogP contribution is 2.65. The summed E-state index contributed by atoms with van der Waals surface area (Å²) in [7, 11) is 0. The molecule has 2 amide bonds. The molecule has 0 aromatic heterocycles. The summed E-state index contributed by atoms with van der Waals surface area (Å²) >= 11 is 0. The largest absolute Gasteiger partial charge is 0.423 e. The van der Waals surface area contributed by atoms with Crippen molar-refractivity contribution in [3.05, 3.63) is 71.8 Å². The summed E-state index contributed by atoms with van der Waals surface area (Å²) in [6, 6.07) is 13.8. The van der Waals surface area contributed by atoms with Gasteiger partial charge < -0.3 is 4.74 Å². The second-order valence-corrected chi connectivity index (χ2v) is 8.92. The van der Waals surface area contributed by atoms with E-state index in [1.54, 1.807) is 36.4 Å². The molecule has 4 aliphatic carbocycles. The third-order valence-electron chi connectivity index (χ3n) is 7.23. The molecule has 5 heteroatoms. The van der Waals surface area contributed by atoms with Crippen molar-refractivity contribution >= 4 is 23.5 Å². The summed E-state index contributed by atoms with van der Waals surface area (Å²) in [6.45, 7) is 1.96. The van der Waals surface area contributed by atoms with E-state index in [1.807, 2.05) is 19.1 Å². The van der Waals surface area contributed by atoms with Crippen LogP contribution in [0.5, 0.6) is 5.75 Å². The van der Waals surface area contributed by atoms with Crippen molar-refractivity contribution in [2.75, 3.05) is 4.90 Å². The van der Waals surface area contributed by atoms with Gasteiger partial charge >= 0.3 is 5.97 Å². The molecule has 1 saturated heterocycles. The van der Waals surface area contributed by atoms with Gasteiger partial charge in [0.15, 0.2) is 0 Å². The quantitative estimate of drug-likeness (QED) is 0.341. The maximum Gasteiger partial charge on any atom is 0.343 e. The second kappa shape index (κ2) is 6.14. The van der Waals surface area contributed by atoms with Crippen LogP contribution < -0.4 is 9.64 Å². The van der Waals surface area contributed by atoms with Crippen molar-refractivity contribution in [3.63, 3.8) is 0 Å². The molecule has 0 N–H and O–H groups in total. The zero-order valence-corrected chi connectivity index (χ0v) is 16.5. The topological polar surface area (TPSA) is 63.7 Å². The molecule has 0 radical (unpaired) electrons. The molecule has 0 unspecified atom stereocenters. The van der Waals surface area contributed by atoms with E-state index in [9.17, 15) is 14.4 Å². The number of benzene rings is 2. The Hall–Kier alpha value is -3.21. The minimum Gasteiger partial charge on any atom is -0.423 e. The normalized spacial score (nSPS) is 32.8. The number of anilines is 1. The number of carbonyl (C=O) groups excluding carboxylic acids is 3. The lowest BCUT2D eigenvalue weighted by molar-refractivity contribution is -0.124. The minimum absolute atomic E-state index is 0.126. The number of allylic oxidation sites excluding steroid dienone is 2. The minimum atomic E-state index is -0.514. The van der Waals surface area contributed by atoms with Crippen LogP contribution in [0.3, 0.4) is 0 Å². The highest BCUT2D eigenvalue weighted by atomic mass is 16.5. The number of hydrogen-bond donors (Lipinski definition) is 0. The first kappa shape index (κ1) is 17.6. The fourth-order valence-corrected chi connectivity index (χ4v) is 5.76. The molecule has 2 aromatic carbocycles. The molecule has 0 spiro atoms. The molecule has 5 nitrogen and oxygen atoms in total. The number of aryl methyl sites for hydroxylation is 1. The first-order valence-electron chi connectivity index (χ1n) is 10.5. The van der Waals surface area contributed by atoms with Crippen molar-refractivity contribution in [3.8, 4) is 5.75 Å². The summed E-state index contributed by atoms with van der Waals surface area (Å²) in [4.78, 5) is 40.5. The smallest absolute Gasteiger partial charge is 0.343 e. The van der Waals surface area contributed by atoms with Gasteiger partial charge in [0.2, 0.25) is 11.8 Å². The zero-order chi connectivity index (χ0) is 20.6. The summed E-state index contributed by atoms with van der Waals surface area (Å²) < 4.78 is 5.45. The Balaban J connectivity index is 1.28. The second-order valence-electron chi connectivity index (χ2n) is 8.92. The third kappa shape index (κ3) is 2.44. The van der Waals surface area contributed by atoms with Gasteiger partial charge in [0.1, 0.15) is 5.75 Å². The van der Waals surface area contributed by atoms with Gasteiger partial charge in [-0.15, -0.1) is 0 Å². The fraction of sp³-hybridized carbons (Fsp3) is 0.320. The summed E-state index contributed by atoms with van der Waals surface area (Å²) in [5.74, 6) is 0.679. The van der Waals surface area contributed by atoms with E-state index < -0.39 is 5.97 Å². The molecular formula is C25H21NO4. The fourth-order valence-electron chi connectivity index (χ4n) is 5.76. The van der Waals surface area contributed by atoms with Gasteiger partial charge in [-0.3, -0.25) is 9.59 Å². The Morgan fingerprint density at radius 2 is 1.57 bits per heavy atom. The molecule has 1 heterocycles. The molecular weight excluding hydrogens is 378 g/mol. The van der Waals surface area contributed by atoms with E-state index in [0.717, 1.165) is 12.0 Å². The van der Waals surface area contributed by atoms with Crippen molar-refractivity contribution in [2.24, 2.45) is 35.5 Å². The number of esters is 1. The predicted octanol–water partition coefficient (Wildman–Crippen LogP) is 3.77. The molecule has 5 aliphatic rings. The van der Waals surface area contributed by atoms with Crippen LogP contribution in [0, 0.1) is 42.4 Å². The molecule has 2 saturated carbocycles. The van der Waals surface area contributed by atoms with Gasteiger partial charge in [0, 0.05) is 0 Å². The number of rotatable bonds is 3. The predicted molar refractivity (Wildman–Crippen MR) is 110 cm³/mol. The van der Waals surface area contributed by atoms with E-state index in [4.69, 9.17) is 4.74 Å². The summed E-state index contributed by atoms with van der Waals surface area (Å²) in [5.41, 5.74) is 1.84. The van der Waals surface area contributed by atoms with Crippen LogP contribution >= 0.6 is 0 Å². The first-order valence-corrected chi connectivity index (χ1v) is 10.5. The maximum atomic E-state index is 13.3. The Morgan fingerprint density at radius 1 is 0.933 bits per heavy atom. The lowest BCUT2D eigenvalue weighted by Gasteiger charge is -2.37. The van der Waals surface area contributed by atoms with E-state index in [2.05, 4.69) is 12.2 Å². The van der Waals surface area contributed by atoms with Crippen LogP contribution in [0.15, 0.2) is 60.7 Å². The molecule has 3 fully saturated rings. The molecule has 7 rings (SSSR count). The highest BCUT2D eigenvalue weighted by Gasteiger charge is 2.67. The average molecular weight is 399 g/mol. The highest BCUT2D eigenvalue weighted by molar-refractivity contribution is 6.23. The molecule has 2 aromatic rings. The van der Waals surface area contributed by atoms with E-state index in [-0.39, 0.29) is 35.5 Å². The molecule has 2 bridgehead atoms. The first-order chi connectivity index (χ1) is 14.5. The van der Waals surface area contributed by atoms with Crippen molar-refractivity contribution in [1.82, 2.24) is 0 Å². The molecule has 150 valence electrons. The van der Waals surface area contributed by atoms with E-state index in [1.165, 1.54) is 4.90 Å². The standard InChI is InChI=1S/C25H21NO4/c1-13-5-7-16(8-6-13)30-25(29)14-3-2-4-15(11-14)26-23(27)21-17-9-10-18(20-12-19(17)20)22(21)24(26)28/h2-11,17-22H,12H2,1H3/t17-,18-,19-,20+,21-,22+/m0/s1. The van der Waals surface area contributed by atoms with Crippen LogP contribution in [0.4, 0.5) is 5.69 Å². The number of hydrogen-bond acceptors (Lipinski definition) is 4. The molecule has 30 heavy (non-hydrogen) atoms.